The van der Waals surface area contributed by atoms with Gasteiger partial charge in [-0.15, -0.1) is 11.3 Å². The third-order valence-electron chi connectivity index (χ3n) is 5.56. The average Bonchev–Trinajstić information content (AvgIpc) is 3.30. The molecule has 5 nitrogen and oxygen atoms in total. The minimum absolute atomic E-state index is 0.106. The summed E-state index contributed by atoms with van der Waals surface area (Å²) in [5.41, 5.74) is 3.32. The van der Waals surface area contributed by atoms with Crippen molar-refractivity contribution >= 4 is 28.3 Å². The van der Waals surface area contributed by atoms with Crippen LogP contribution in [0.2, 0.25) is 0 Å². The van der Waals surface area contributed by atoms with Gasteiger partial charge in [0.25, 0.3) is 0 Å². The van der Waals surface area contributed by atoms with Gasteiger partial charge in [0.2, 0.25) is 11.8 Å². The highest BCUT2D eigenvalue weighted by Gasteiger charge is 2.41. The number of benzene rings is 1. The van der Waals surface area contributed by atoms with Crippen molar-refractivity contribution in [1.82, 2.24) is 9.88 Å². The topological polar surface area (TPSA) is 62.3 Å². The molecule has 1 atom stereocenters. The van der Waals surface area contributed by atoms with Crippen LogP contribution in [0, 0.1) is 12.8 Å². The van der Waals surface area contributed by atoms with Crippen molar-refractivity contribution in [2.75, 3.05) is 11.9 Å². The Bertz CT molecular complexity index is 870. The minimum Gasteiger partial charge on any atom is -0.330 e. The number of amides is 2. The number of anilines is 1. The van der Waals surface area contributed by atoms with Crippen molar-refractivity contribution in [2.45, 2.75) is 58.4 Å². The first-order chi connectivity index (χ1) is 13.6. The number of hydrogen-bond acceptors (Lipinski definition) is 4. The first kappa shape index (κ1) is 19.1. The molecular formula is C22H27N3O2S. The molecule has 28 heavy (non-hydrogen) atoms. The summed E-state index contributed by atoms with van der Waals surface area (Å²) in [6.45, 7) is 4.90. The van der Waals surface area contributed by atoms with Crippen LogP contribution in [-0.2, 0) is 16.0 Å². The van der Waals surface area contributed by atoms with E-state index in [9.17, 15) is 9.59 Å². The molecule has 148 valence electrons. The zero-order valence-corrected chi connectivity index (χ0v) is 17.3. The minimum atomic E-state index is -0.353. The van der Waals surface area contributed by atoms with Gasteiger partial charge in [-0.25, -0.2) is 4.98 Å². The summed E-state index contributed by atoms with van der Waals surface area (Å²) in [6.07, 6.45) is 5.77. The Hall–Kier alpha value is -2.21. The molecule has 2 aromatic rings. The molecule has 1 aliphatic carbocycles. The van der Waals surface area contributed by atoms with Gasteiger partial charge in [0.15, 0.2) is 5.13 Å². The molecule has 1 saturated carbocycles. The van der Waals surface area contributed by atoms with Gasteiger partial charge in [-0.3, -0.25) is 9.59 Å². The van der Waals surface area contributed by atoms with Gasteiger partial charge in [0, 0.05) is 22.9 Å². The predicted molar refractivity (Wildman–Crippen MR) is 112 cm³/mol. The second-order valence-electron chi connectivity index (χ2n) is 7.82. The van der Waals surface area contributed by atoms with Crippen molar-refractivity contribution in [2.24, 2.45) is 5.92 Å². The number of carbonyl (C=O) groups is 2. The summed E-state index contributed by atoms with van der Waals surface area (Å²) in [5, 5.41) is 3.58. The zero-order valence-electron chi connectivity index (χ0n) is 16.5. The number of carbonyl (C=O) groups excluding carboxylic acids is 2. The van der Waals surface area contributed by atoms with Crippen LogP contribution in [0.25, 0.3) is 11.3 Å². The molecule has 1 unspecified atom stereocenters. The molecule has 6 heteroatoms. The van der Waals surface area contributed by atoms with Gasteiger partial charge in [-0.05, 0) is 44.6 Å². The quantitative estimate of drug-likeness (QED) is 0.785. The first-order valence-corrected chi connectivity index (χ1v) is 11.1. The Morgan fingerprint density at radius 3 is 2.64 bits per heavy atom. The molecule has 4 rings (SSSR count). The summed E-state index contributed by atoms with van der Waals surface area (Å²) in [6, 6.07) is 8.15. The fourth-order valence-electron chi connectivity index (χ4n) is 3.89. The zero-order chi connectivity index (χ0) is 19.7. The summed E-state index contributed by atoms with van der Waals surface area (Å²) in [7, 11) is 0. The Morgan fingerprint density at radius 2 is 1.96 bits per heavy atom. The van der Waals surface area contributed by atoms with Crippen LogP contribution in [0.3, 0.4) is 0 Å². The molecule has 2 heterocycles. The molecule has 1 aromatic heterocycles. The fourth-order valence-corrected chi connectivity index (χ4v) is 4.73. The van der Waals surface area contributed by atoms with Crippen LogP contribution >= 0.6 is 11.3 Å². The molecule has 1 aliphatic heterocycles. The fraction of sp³-hybridized carbons (Fsp3) is 0.500. The number of aromatic nitrogens is 1. The van der Waals surface area contributed by atoms with Gasteiger partial charge in [-0.1, -0.05) is 37.6 Å². The molecule has 2 aliphatic rings. The Balaban J connectivity index is 1.46. The number of rotatable bonds is 6. The van der Waals surface area contributed by atoms with Crippen molar-refractivity contribution in [3.8, 4) is 11.3 Å². The van der Waals surface area contributed by atoms with E-state index in [4.69, 9.17) is 0 Å². The summed E-state index contributed by atoms with van der Waals surface area (Å²) in [4.78, 5) is 32.8. The van der Waals surface area contributed by atoms with Crippen molar-refractivity contribution in [3.05, 3.63) is 34.7 Å². The van der Waals surface area contributed by atoms with Crippen LogP contribution in [-0.4, -0.2) is 34.3 Å². The standard InChI is InChI=1S/C22H27N3O2S/c1-3-5-15-7-9-16(10-8-15)19-14(2)28-22(23-19)24-20(26)18-6-4-13-25(18)21(27)17-11-12-17/h7-10,17-18H,3-6,11-13H2,1-2H3,(H,23,24,26). The number of thiazole rings is 1. The summed E-state index contributed by atoms with van der Waals surface area (Å²) < 4.78 is 0. The molecule has 2 amide bonds. The van der Waals surface area contributed by atoms with Crippen LogP contribution in [0.15, 0.2) is 24.3 Å². The molecule has 2 fully saturated rings. The maximum atomic E-state index is 12.8. The number of hydrogen-bond donors (Lipinski definition) is 1. The van der Waals surface area contributed by atoms with Crippen molar-refractivity contribution < 1.29 is 9.59 Å². The van der Waals surface area contributed by atoms with Gasteiger partial charge >= 0.3 is 0 Å². The van der Waals surface area contributed by atoms with Crippen LogP contribution in [0.4, 0.5) is 5.13 Å². The van der Waals surface area contributed by atoms with E-state index < -0.39 is 0 Å². The third-order valence-corrected chi connectivity index (χ3v) is 6.44. The second kappa shape index (κ2) is 8.03. The van der Waals surface area contributed by atoms with E-state index >= 15 is 0 Å². The van der Waals surface area contributed by atoms with Gasteiger partial charge in [-0.2, -0.15) is 0 Å². The Morgan fingerprint density at radius 1 is 1.21 bits per heavy atom. The normalized spacial score (nSPS) is 19.1. The number of likely N-dealkylation sites (tertiary alicyclic amines) is 1. The van der Waals surface area contributed by atoms with Gasteiger partial charge in [0.1, 0.15) is 6.04 Å². The van der Waals surface area contributed by atoms with Gasteiger partial charge in [0.05, 0.1) is 5.69 Å². The molecule has 0 spiro atoms. The first-order valence-electron chi connectivity index (χ1n) is 10.2. The summed E-state index contributed by atoms with van der Waals surface area (Å²) in [5.74, 6) is 0.198. The predicted octanol–water partition coefficient (Wildman–Crippen LogP) is 4.41. The lowest BCUT2D eigenvalue weighted by Gasteiger charge is -2.23. The monoisotopic (exact) mass is 397 g/mol. The van der Waals surface area contributed by atoms with Gasteiger partial charge < -0.3 is 10.2 Å². The van der Waals surface area contributed by atoms with E-state index in [1.54, 1.807) is 4.90 Å². The summed E-state index contributed by atoms with van der Waals surface area (Å²) >= 11 is 1.49. The number of nitrogens with zero attached hydrogens (tertiary/aromatic N) is 2. The molecule has 1 N–H and O–H groups in total. The van der Waals surface area contributed by atoms with E-state index in [0.717, 1.165) is 54.7 Å². The van der Waals surface area contributed by atoms with Crippen molar-refractivity contribution in [3.63, 3.8) is 0 Å². The lowest BCUT2D eigenvalue weighted by molar-refractivity contribution is -0.137. The number of nitrogens with one attached hydrogen (secondary N) is 1. The van der Waals surface area contributed by atoms with Crippen LogP contribution in [0.5, 0.6) is 0 Å². The maximum absolute atomic E-state index is 12.8. The average molecular weight is 398 g/mol. The van der Waals surface area contributed by atoms with Crippen LogP contribution < -0.4 is 5.32 Å². The molecule has 1 aromatic carbocycles. The Kier molecular flexibility index (Phi) is 5.49. The smallest absolute Gasteiger partial charge is 0.248 e. The second-order valence-corrected chi connectivity index (χ2v) is 9.03. The highest BCUT2D eigenvalue weighted by Crippen LogP contribution is 2.35. The molecule has 0 radical (unpaired) electrons. The highest BCUT2D eigenvalue weighted by atomic mass is 32.1. The molecule has 1 saturated heterocycles. The highest BCUT2D eigenvalue weighted by molar-refractivity contribution is 7.16. The van der Waals surface area contributed by atoms with E-state index in [1.165, 1.54) is 16.9 Å². The molecular weight excluding hydrogens is 370 g/mol. The van der Waals surface area contributed by atoms with Crippen LogP contribution in [0.1, 0.15) is 49.5 Å². The molecule has 0 bridgehead atoms. The SMILES string of the molecule is CCCc1ccc(-c2nc(NC(=O)C3CCCN3C(=O)C3CC3)sc2C)cc1. The number of aryl methyl sites for hydroxylation is 2. The maximum Gasteiger partial charge on any atom is 0.248 e. The largest absolute Gasteiger partial charge is 0.330 e. The van der Waals surface area contributed by atoms with E-state index in [-0.39, 0.29) is 23.8 Å². The lowest BCUT2D eigenvalue weighted by atomic mass is 10.1. The third kappa shape index (κ3) is 3.97. The van der Waals surface area contributed by atoms with E-state index in [0.29, 0.717) is 11.7 Å². The lowest BCUT2D eigenvalue weighted by Crippen LogP contribution is -2.43. The van der Waals surface area contributed by atoms with E-state index in [2.05, 4.69) is 41.5 Å². The Labute approximate surface area is 170 Å². The van der Waals surface area contributed by atoms with E-state index in [1.807, 2.05) is 6.92 Å². The van der Waals surface area contributed by atoms with Crippen molar-refractivity contribution in [1.29, 1.82) is 0 Å².